The molecule has 0 bridgehead atoms. The highest BCUT2D eigenvalue weighted by atomic mass is 16.3. The van der Waals surface area contributed by atoms with Crippen molar-refractivity contribution in [3.05, 3.63) is 30.0 Å². The van der Waals surface area contributed by atoms with Gasteiger partial charge in [0.05, 0.1) is 18.2 Å². The van der Waals surface area contributed by atoms with E-state index < -0.39 is 0 Å². The number of carbonyl (C=O) groups excluding carboxylic acids is 1. The summed E-state index contributed by atoms with van der Waals surface area (Å²) in [6.07, 6.45) is 6.23. The molecule has 2 unspecified atom stereocenters. The first-order chi connectivity index (χ1) is 12.1. The van der Waals surface area contributed by atoms with E-state index in [1.807, 2.05) is 19.9 Å². The molecule has 0 radical (unpaired) electrons. The van der Waals surface area contributed by atoms with Crippen LogP contribution in [-0.2, 0) is 0 Å². The Balaban J connectivity index is 1.77. The molecule has 1 heterocycles. The minimum atomic E-state index is -0.241. The Morgan fingerprint density at radius 2 is 2.20 bits per heavy atom. The van der Waals surface area contributed by atoms with E-state index in [0.29, 0.717) is 17.6 Å². The summed E-state index contributed by atoms with van der Waals surface area (Å²) in [5.41, 5.74) is 1.29. The van der Waals surface area contributed by atoms with Gasteiger partial charge in [-0.05, 0) is 37.3 Å². The number of hydrogen-bond acceptors (Lipinski definition) is 5. The lowest BCUT2D eigenvalue weighted by Gasteiger charge is -2.26. The van der Waals surface area contributed by atoms with Gasteiger partial charge in [0.25, 0.3) is 5.91 Å². The van der Waals surface area contributed by atoms with Crippen molar-refractivity contribution in [3.8, 4) is 0 Å². The van der Waals surface area contributed by atoms with E-state index in [4.69, 9.17) is 0 Å². The maximum absolute atomic E-state index is 12.5. The maximum Gasteiger partial charge on any atom is 0.251 e. The average molecular weight is 342 g/mol. The van der Waals surface area contributed by atoms with E-state index in [2.05, 4.69) is 20.6 Å². The van der Waals surface area contributed by atoms with Crippen LogP contribution in [0.4, 0.5) is 5.95 Å². The van der Waals surface area contributed by atoms with Gasteiger partial charge in [0.15, 0.2) is 0 Å². The first kappa shape index (κ1) is 17.6. The van der Waals surface area contributed by atoms with Crippen molar-refractivity contribution in [2.45, 2.75) is 51.6 Å². The molecule has 1 saturated carbocycles. The van der Waals surface area contributed by atoms with Gasteiger partial charge in [-0.3, -0.25) is 4.79 Å². The largest absolute Gasteiger partial charge is 0.394 e. The smallest absolute Gasteiger partial charge is 0.251 e. The summed E-state index contributed by atoms with van der Waals surface area (Å²) >= 11 is 0. The molecule has 1 aromatic carbocycles. The number of carbonyl (C=O) groups is 1. The van der Waals surface area contributed by atoms with Crippen LogP contribution in [0, 0.1) is 5.92 Å². The fourth-order valence-corrected chi connectivity index (χ4v) is 2.87. The van der Waals surface area contributed by atoms with Gasteiger partial charge in [-0.2, -0.15) is 0 Å². The summed E-state index contributed by atoms with van der Waals surface area (Å²) in [5.74, 6) is 0.644. The molecule has 25 heavy (non-hydrogen) atoms. The monoisotopic (exact) mass is 342 g/mol. The predicted octanol–water partition coefficient (Wildman–Crippen LogP) is 2.73. The topological polar surface area (TPSA) is 87.1 Å². The van der Waals surface area contributed by atoms with E-state index in [9.17, 15) is 9.90 Å². The number of hydrogen-bond donors (Lipinski definition) is 3. The molecule has 0 aliphatic heterocycles. The third-order valence-electron chi connectivity index (χ3n) is 5.13. The van der Waals surface area contributed by atoms with Crippen LogP contribution in [0.1, 0.15) is 49.9 Å². The Morgan fingerprint density at radius 3 is 2.84 bits per heavy atom. The number of fused-ring (bicyclic) bond motifs is 1. The standard InChI is InChI=1S/C19H26N4O2/c1-3-12(2)17(11-24)22-18(25)13-7-8-14-10-20-19(23-16(14)9-13)21-15-5-4-6-15/h7-10,12,15,17,24H,3-6,11H2,1-2H3,(H,22,25)(H,20,21,23). The van der Waals surface area contributed by atoms with E-state index >= 15 is 0 Å². The highest BCUT2D eigenvalue weighted by Gasteiger charge is 2.19. The molecular formula is C19H26N4O2. The van der Waals surface area contributed by atoms with Crippen molar-refractivity contribution in [3.63, 3.8) is 0 Å². The maximum atomic E-state index is 12.5. The van der Waals surface area contributed by atoms with Crippen molar-refractivity contribution in [1.29, 1.82) is 0 Å². The molecule has 1 fully saturated rings. The quantitative estimate of drug-likeness (QED) is 0.720. The molecule has 2 aromatic rings. The molecule has 6 nitrogen and oxygen atoms in total. The van der Waals surface area contributed by atoms with Crippen LogP contribution in [0.15, 0.2) is 24.4 Å². The molecular weight excluding hydrogens is 316 g/mol. The molecule has 134 valence electrons. The van der Waals surface area contributed by atoms with E-state index in [1.54, 1.807) is 18.3 Å². The number of nitrogens with zero attached hydrogens (tertiary/aromatic N) is 2. The predicted molar refractivity (Wildman–Crippen MR) is 98.6 cm³/mol. The molecule has 3 rings (SSSR count). The lowest BCUT2D eigenvalue weighted by molar-refractivity contribution is 0.0891. The molecule has 3 N–H and O–H groups in total. The second-order valence-corrected chi connectivity index (χ2v) is 6.89. The van der Waals surface area contributed by atoms with Gasteiger partial charge in [0.1, 0.15) is 0 Å². The first-order valence-corrected chi connectivity index (χ1v) is 9.05. The second-order valence-electron chi connectivity index (χ2n) is 6.89. The van der Waals surface area contributed by atoms with E-state index in [-0.39, 0.29) is 24.5 Å². The summed E-state index contributed by atoms with van der Waals surface area (Å²) in [6, 6.07) is 5.63. The number of aromatic nitrogens is 2. The Hall–Kier alpha value is -2.21. The zero-order valence-corrected chi connectivity index (χ0v) is 14.8. The van der Waals surface area contributed by atoms with Crippen LogP contribution in [0.5, 0.6) is 0 Å². The van der Waals surface area contributed by atoms with Crippen molar-refractivity contribution in [2.75, 3.05) is 11.9 Å². The van der Waals surface area contributed by atoms with Crippen LogP contribution in [0.25, 0.3) is 10.9 Å². The second kappa shape index (κ2) is 7.78. The Bertz CT molecular complexity index is 745. The molecule has 6 heteroatoms. The normalized spacial score (nSPS) is 16.9. The highest BCUT2D eigenvalue weighted by Crippen LogP contribution is 2.22. The molecule has 1 amide bonds. The minimum Gasteiger partial charge on any atom is -0.394 e. The van der Waals surface area contributed by atoms with Gasteiger partial charge in [-0.1, -0.05) is 26.3 Å². The fourth-order valence-electron chi connectivity index (χ4n) is 2.87. The number of rotatable bonds is 7. The highest BCUT2D eigenvalue weighted by molar-refractivity contribution is 5.98. The van der Waals surface area contributed by atoms with Gasteiger partial charge < -0.3 is 15.7 Å². The lowest BCUT2D eigenvalue weighted by atomic mass is 9.93. The van der Waals surface area contributed by atoms with Gasteiger partial charge in [-0.15, -0.1) is 0 Å². The summed E-state index contributed by atoms with van der Waals surface area (Å²) in [4.78, 5) is 21.4. The molecule has 2 atom stereocenters. The molecule has 1 aliphatic carbocycles. The van der Waals surface area contributed by atoms with Crippen molar-refractivity contribution < 1.29 is 9.90 Å². The Labute approximate surface area is 148 Å². The number of anilines is 1. The first-order valence-electron chi connectivity index (χ1n) is 9.05. The van der Waals surface area contributed by atoms with Gasteiger partial charge >= 0.3 is 0 Å². The van der Waals surface area contributed by atoms with Crippen LogP contribution in [0.2, 0.25) is 0 Å². The van der Waals surface area contributed by atoms with Crippen molar-refractivity contribution in [1.82, 2.24) is 15.3 Å². The number of nitrogens with one attached hydrogen (secondary N) is 2. The summed E-state index contributed by atoms with van der Waals surface area (Å²) in [7, 11) is 0. The van der Waals surface area contributed by atoms with Gasteiger partial charge in [-0.25, -0.2) is 9.97 Å². The van der Waals surface area contributed by atoms with Crippen LogP contribution in [0.3, 0.4) is 0 Å². The third kappa shape index (κ3) is 4.07. The van der Waals surface area contributed by atoms with Crippen molar-refractivity contribution >= 4 is 22.8 Å². The number of aliphatic hydroxyl groups is 1. The SMILES string of the molecule is CCC(C)C(CO)NC(=O)c1ccc2cnc(NC3CCC3)nc2c1. The van der Waals surface area contributed by atoms with Crippen molar-refractivity contribution in [2.24, 2.45) is 5.92 Å². The van der Waals surface area contributed by atoms with Gasteiger partial charge in [0.2, 0.25) is 5.95 Å². The third-order valence-corrected chi connectivity index (χ3v) is 5.13. The zero-order chi connectivity index (χ0) is 17.8. The number of amides is 1. The summed E-state index contributed by atoms with van der Waals surface area (Å²) < 4.78 is 0. The molecule has 0 spiro atoms. The summed E-state index contributed by atoms with van der Waals surface area (Å²) in [5, 5.41) is 16.6. The summed E-state index contributed by atoms with van der Waals surface area (Å²) in [6.45, 7) is 4.00. The number of benzene rings is 1. The molecule has 1 aliphatic rings. The molecule has 1 aromatic heterocycles. The Morgan fingerprint density at radius 1 is 1.40 bits per heavy atom. The van der Waals surface area contributed by atoms with Crippen LogP contribution < -0.4 is 10.6 Å². The number of aliphatic hydroxyl groups excluding tert-OH is 1. The van der Waals surface area contributed by atoms with E-state index in [0.717, 1.165) is 30.2 Å². The lowest BCUT2D eigenvalue weighted by Crippen LogP contribution is -2.41. The van der Waals surface area contributed by atoms with E-state index in [1.165, 1.54) is 6.42 Å². The molecule has 0 saturated heterocycles. The average Bonchev–Trinajstić information content (AvgIpc) is 2.61. The van der Waals surface area contributed by atoms with Gasteiger partial charge in [0, 0.05) is 23.2 Å². The van der Waals surface area contributed by atoms with Crippen LogP contribution >= 0.6 is 0 Å². The Kier molecular flexibility index (Phi) is 5.48. The minimum absolute atomic E-state index is 0.0635. The van der Waals surface area contributed by atoms with Crippen LogP contribution in [-0.4, -0.2) is 39.7 Å². The fraction of sp³-hybridized carbons (Fsp3) is 0.526. The zero-order valence-electron chi connectivity index (χ0n) is 14.8.